The lowest BCUT2D eigenvalue weighted by atomic mass is 10.4. The third-order valence-corrected chi connectivity index (χ3v) is 1.64. The van der Waals surface area contributed by atoms with Crippen molar-refractivity contribution in [3.8, 4) is 0 Å². The molecule has 1 heterocycles. The summed E-state index contributed by atoms with van der Waals surface area (Å²) in [5.41, 5.74) is 5.34. The standard InChI is InChI=1S/C8H12ClN3/c9-7-2-5-12-8(6-7)11-4-1-3-10/h2,5-6H,1,3-4,10H2,(H,11,12). The third-order valence-electron chi connectivity index (χ3n) is 1.41. The third kappa shape index (κ3) is 3.07. The van der Waals surface area contributed by atoms with Gasteiger partial charge in [-0.1, -0.05) is 11.6 Å². The van der Waals surface area contributed by atoms with Crippen LogP contribution in [0.4, 0.5) is 5.82 Å². The van der Waals surface area contributed by atoms with Crippen LogP contribution in [0.1, 0.15) is 6.42 Å². The van der Waals surface area contributed by atoms with E-state index in [2.05, 4.69) is 10.3 Å². The van der Waals surface area contributed by atoms with Gasteiger partial charge in [0, 0.05) is 17.8 Å². The van der Waals surface area contributed by atoms with E-state index in [0.29, 0.717) is 11.6 Å². The Balaban J connectivity index is 2.41. The Hall–Kier alpha value is -0.800. The highest BCUT2D eigenvalue weighted by molar-refractivity contribution is 6.30. The van der Waals surface area contributed by atoms with Crippen molar-refractivity contribution in [1.82, 2.24) is 4.98 Å². The fourth-order valence-corrected chi connectivity index (χ4v) is 0.980. The lowest BCUT2D eigenvalue weighted by Crippen LogP contribution is -2.09. The zero-order chi connectivity index (χ0) is 8.81. The zero-order valence-corrected chi connectivity index (χ0v) is 7.51. The number of hydrogen-bond acceptors (Lipinski definition) is 3. The van der Waals surface area contributed by atoms with Crippen molar-refractivity contribution >= 4 is 17.4 Å². The largest absolute Gasteiger partial charge is 0.370 e. The molecule has 1 aromatic heterocycles. The van der Waals surface area contributed by atoms with E-state index in [0.717, 1.165) is 18.8 Å². The summed E-state index contributed by atoms with van der Waals surface area (Å²) in [5.74, 6) is 0.802. The van der Waals surface area contributed by atoms with Gasteiger partial charge in [-0.05, 0) is 25.1 Å². The molecule has 0 saturated carbocycles. The molecule has 0 unspecified atom stereocenters. The molecule has 0 amide bonds. The highest BCUT2D eigenvalue weighted by atomic mass is 35.5. The molecular formula is C8H12ClN3. The zero-order valence-electron chi connectivity index (χ0n) is 6.76. The molecule has 3 N–H and O–H groups in total. The number of hydrogen-bond donors (Lipinski definition) is 2. The van der Waals surface area contributed by atoms with Gasteiger partial charge in [0.15, 0.2) is 0 Å². The number of halogens is 1. The Labute approximate surface area is 76.9 Å². The van der Waals surface area contributed by atoms with E-state index < -0.39 is 0 Å². The highest BCUT2D eigenvalue weighted by Gasteiger charge is 1.92. The van der Waals surface area contributed by atoms with Gasteiger partial charge in [-0.15, -0.1) is 0 Å². The molecule has 0 aliphatic heterocycles. The molecule has 12 heavy (non-hydrogen) atoms. The first-order valence-corrected chi connectivity index (χ1v) is 4.26. The molecule has 0 bridgehead atoms. The molecular weight excluding hydrogens is 174 g/mol. The summed E-state index contributed by atoms with van der Waals surface area (Å²) in [6.07, 6.45) is 2.61. The molecule has 0 aromatic carbocycles. The maximum absolute atomic E-state index is 5.75. The Kier molecular flexibility index (Phi) is 3.84. The van der Waals surface area contributed by atoms with Crippen LogP contribution >= 0.6 is 11.6 Å². The van der Waals surface area contributed by atoms with Gasteiger partial charge in [0.25, 0.3) is 0 Å². The van der Waals surface area contributed by atoms with Crippen molar-refractivity contribution in [2.75, 3.05) is 18.4 Å². The minimum atomic E-state index is 0.688. The van der Waals surface area contributed by atoms with Gasteiger partial charge in [-0.25, -0.2) is 4.98 Å². The Morgan fingerprint density at radius 3 is 3.08 bits per heavy atom. The number of nitrogens with two attached hydrogens (primary N) is 1. The van der Waals surface area contributed by atoms with Crippen LogP contribution in [0.15, 0.2) is 18.3 Å². The molecule has 0 atom stereocenters. The van der Waals surface area contributed by atoms with Crippen LogP contribution in [0, 0.1) is 0 Å². The summed E-state index contributed by atoms with van der Waals surface area (Å²) < 4.78 is 0. The Morgan fingerprint density at radius 2 is 2.42 bits per heavy atom. The minimum absolute atomic E-state index is 0.688. The summed E-state index contributed by atoms with van der Waals surface area (Å²) in [5, 5.41) is 3.81. The molecule has 0 aliphatic rings. The first kappa shape index (κ1) is 9.29. The van der Waals surface area contributed by atoms with E-state index in [1.165, 1.54) is 0 Å². The van der Waals surface area contributed by atoms with Gasteiger partial charge in [0.2, 0.25) is 0 Å². The van der Waals surface area contributed by atoms with E-state index in [1.54, 1.807) is 18.3 Å². The topological polar surface area (TPSA) is 50.9 Å². The molecule has 0 spiro atoms. The second-order valence-corrected chi connectivity index (χ2v) is 2.86. The summed E-state index contributed by atoms with van der Waals surface area (Å²) in [6.45, 7) is 1.53. The predicted molar refractivity (Wildman–Crippen MR) is 51.4 cm³/mol. The number of aromatic nitrogens is 1. The van der Waals surface area contributed by atoms with Crippen molar-refractivity contribution in [1.29, 1.82) is 0 Å². The monoisotopic (exact) mass is 185 g/mol. The summed E-state index contributed by atoms with van der Waals surface area (Å²) in [7, 11) is 0. The fourth-order valence-electron chi connectivity index (χ4n) is 0.820. The van der Waals surface area contributed by atoms with E-state index in [4.69, 9.17) is 17.3 Å². The van der Waals surface area contributed by atoms with Crippen LogP contribution in [0.25, 0.3) is 0 Å². The Morgan fingerprint density at radius 1 is 1.58 bits per heavy atom. The molecule has 1 rings (SSSR count). The number of nitrogens with one attached hydrogen (secondary N) is 1. The summed E-state index contributed by atoms with van der Waals surface area (Å²) in [4.78, 5) is 4.08. The second-order valence-electron chi connectivity index (χ2n) is 2.43. The molecule has 0 radical (unpaired) electrons. The van der Waals surface area contributed by atoms with E-state index >= 15 is 0 Å². The maximum atomic E-state index is 5.75. The first-order valence-electron chi connectivity index (χ1n) is 3.88. The summed E-state index contributed by atoms with van der Waals surface area (Å²) >= 11 is 5.75. The van der Waals surface area contributed by atoms with Crippen molar-refractivity contribution < 1.29 is 0 Å². The van der Waals surface area contributed by atoms with Crippen LogP contribution in [0.5, 0.6) is 0 Å². The minimum Gasteiger partial charge on any atom is -0.370 e. The molecule has 0 fully saturated rings. The van der Waals surface area contributed by atoms with Crippen molar-refractivity contribution in [2.24, 2.45) is 5.73 Å². The molecule has 3 nitrogen and oxygen atoms in total. The lowest BCUT2D eigenvalue weighted by Gasteiger charge is -2.03. The smallest absolute Gasteiger partial charge is 0.127 e. The number of rotatable bonds is 4. The van der Waals surface area contributed by atoms with Gasteiger partial charge >= 0.3 is 0 Å². The van der Waals surface area contributed by atoms with Gasteiger partial charge in [-0.3, -0.25) is 0 Å². The van der Waals surface area contributed by atoms with E-state index in [-0.39, 0.29) is 0 Å². The summed E-state index contributed by atoms with van der Waals surface area (Å²) in [6, 6.07) is 3.54. The van der Waals surface area contributed by atoms with Gasteiger partial charge < -0.3 is 11.1 Å². The SMILES string of the molecule is NCCCNc1cc(Cl)ccn1. The molecule has 0 aliphatic carbocycles. The molecule has 66 valence electrons. The normalized spacial score (nSPS) is 9.83. The van der Waals surface area contributed by atoms with Crippen LogP contribution in [-0.2, 0) is 0 Å². The highest BCUT2D eigenvalue weighted by Crippen LogP contribution is 2.11. The first-order chi connectivity index (χ1) is 5.83. The average Bonchev–Trinajstić information content (AvgIpc) is 2.05. The number of nitrogens with zero attached hydrogens (tertiary/aromatic N) is 1. The number of pyridine rings is 1. The van der Waals surface area contributed by atoms with E-state index in [9.17, 15) is 0 Å². The maximum Gasteiger partial charge on any atom is 0.127 e. The van der Waals surface area contributed by atoms with Gasteiger partial charge in [0.1, 0.15) is 5.82 Å². The van der Waals surface area contributed by atoms with Crippen LogP contribution in [0.3, 0.4) is 0 Å². The quantitative estimate of drug-likeness (QED) is 0.699. The van der Waals surface area contributed by atoms with Crippen LogP contribution in [0.2, 0.25) is 5.02 Å². The van der Waals surface area contributed by atoms with Crippen molar-refractivity contribution in [3.05, 3.63) is 23.4 Å². The second kappa shape index (κ2) is 4.95. The van der Waals surface area contributed by atoms with E-state index in [1.807, 2.05) is 0 Å². The predicted octanol–water partition coefficient (Wildman–Crippen LogP) is 1.50. The molecule has 1 aromatic rings. The van der Waals surface area contributed by atoms with Crippen molar-refractivity contribution in [2.45, 2.75) is 6.42 Å². The fraction of sp³-hybridized carbons (Fsp3) is 0.375. The average molecular weight is 186 g/mol. The van der Waals surface area contributed by atoms with Gasteiger partial charge in [-0.2, -0.15) is 0 Å². The van der Waals surface area contributed by atoms with Crippen molar-refractivity contribution in [3.63, 3.8) is 0 Å². The van der Waals surface area contributed by atoms with Crippen LogP contribution < -0.4 is 11.1 Å². The number of anilines is 1. The van der Waals surface area contributed by atoms with Crippen LogP contribution in [-0.4, -0.2) is 18.1 Å². The molecule has 4 heteroatoms. The molecule has 0 saturated heterocycles. The lowest BCUT2D eigenvalue weighted by molar-refractivity contribution is 0.870. The Bertz CT molecular complexity index is 239. The van der Waals surface area contributed by atoms with Gasteiger partial charge in [0.05, 0.1) is 0 Å².